The van der Waals surface area contributed by atoms with Crippen molar-refractivity contribution < 1.29 is 14.3 Å². The standard InChI is InChI=1S/C18H25BrN4O3S/c1-11(2)9-23-17(6-5-16(20)24)21-22-18(23)27-10-12-7-14(25-3)15(26-4)8-13(12)19/h7-8,11H,5-6,9-10H2,1-4H3,(H2,20,24). The number of carbonyl (C=O) groups excluding carboxylic acids is 1. The van der Waals surface area contributed by atoms with Crippen LogP contribution >= 0.6 is 27.7 Å². The molecule has 1 heterocycles. The van der Waals surface area contributed by atoms with Crippen molar-refractivity contribution in [3.05, 3.63) is 28.0 Å². The number of benzene rings is 1. The Morgan fingerprint density at radius 1 is 1.26 bits per heavy atom. The smallest absolute Gasteiger partial charge is 0.217 e. The Hall–Kier alpha value is -1.74. The Labute approximate surface area is 172 Å². The zero-order valence-corrected chi connectivity index (χ0v) is 18.4. The first-order chi connectivity index (χ1) is 12.8. The maximum absolute atomic E-state index is 11.1. The van der Waals surface area contributed by atoms with Crippen molar-refractivity contribution in [2.75, 3.05) is 14.2 Å². The molecule has 2 rings (SSSR count). The second kappa shape index (κ2) is 9.98. The van der Waals surface area contributed by atoms with Crippen LogP contribution in [0.4, 0.5) is 0 Å². The van der Waals surface area contributed by atoms with E-state index < -0.39 is 0 Å². The van der Waals surface area contributed by atoms with Gasteiger partial charge in [-0.3, -0.25) is 4.79 Å². The first-order valence-electron chi connectivity index (χ1n) is 8.59. The zero-order chi connectivity index (χ0) is 20.0. The molecule has 0 radical (unpaired) electrons. The van der Waals surface area contributed by atoms with Gasteiger partial charge in [-0.2, -0.15) is 0 Å². The highest BCUT2D eigenvalue weighted by Gasteiger charge is 2.16. The largest absolute Gasteiger partial charge is 0.493 e. The number of carbonyl (C=O) groups is 1. The summed E-state index contributed by atoms with van der Waals surface area (Å²) in [5.74, 6) is 2.93. The summed E-state index contributed by atoms with van der Waals surface area (Å²) < 4.78 is 13.7. The van der Waals surface area contributed by atoms with Gasteiger partial charge in [0, 0.05) is 29.6 Å². The third kappa shape index (κ3) is 5.87. The van der Waals surface area contributed by atoms with Gasteiger partial charge in [0.15, 0.2) is 16.7 Å². The number of hydrogen-bond acceptors (Lipinski definition) is 6. The Kier molecular flexibility index (Phi) is 7.97. The van der Waals surface area contributed by atoms with E-state index in [0.717, 1.165) is 27.6 Å². The summed E-state index contributed by atoms with van der Waals surface area (Å²) in [5, 5.41) is 9.41. The molecular weight excluding hydrogens is 432 g/mol. The minimum Gasteiger partial charge on any atom is -0.493 e. The Bertz CT molecular complexity index is 795. The minimum atomic E-state index is -0.336. The molecule has 0 bridgehead atoms. The number of nitrogens with two attached hydrogens (primary N) is 1. The van der Waals surface area contributed by atoms with Crippen LogP contribution in [0.2, 0.25) is 0 Å². The highest BCUT2D eigenvalue weighted by atomic mass is 79.9. The fraction of sp³-hybridized carbons (Fsp3) is 0.500. The van der Waals surface area contributed by atoms with E-state index in [9.17, 15) is 4.79 Å². The van der Waals surface area contributed by atoms with Crippen LogP contribution in [0.25, 0.3) is 0 Å². The zero-order valence-electron chi connectivity index (χ0n) is 16.0. The number of ether oxygens (including phenoxy) is 2. The maximum Gasteiger partial charge on any atom is 0.217 e. The lowest BCUT2D eigenvalue weighted by Gasteiger charge is -2.14. The lowest BCUT2D eigenvalue weighted by Crippen LogP contribution is -2.15. The molecule has 27 heavy (non-hydrogen) atoms. The Morgan fingerprint density at radius 2 is 1.93 bits per heavy atom. The van der Waals surface area contributed by atoms with E-state index in [1.54, 1.807) is 26.0 Å². The summed E-state index contributed by atoms with van der Waals surface area (Å²) in [6.45, 7) is 5.06. The van der Waals surface area contributed by atoms with Gasteiger partial charge in [-0.15, -0.1) is 10.2 Å². The molecule has 0 atom stereocenters. The van der Waals surface area contributed by atoms with E-state index in [4.69, 9.17) is 15.2 Å². The third-order valence-corrected chi connectivity index (χ3v) is 5.60. The normalized spacial score (nSPS) is 11.0. The molecule has 2 aromatic rings. The van der Waals surface area contributed by atoms with Crippen LogP contribution in [0.5, 0.6) is 11.5 Å². The number of methoxy groups -OCH3 is 2. The Morgan fingerprint density at radius 3 is 2.52 bits per heavy atom. The molecule has 148 valence electrons. The van der Waals surface area contributed by atoms with Gasteiger partial charge in [0.2, 0.25) is 5.91 Å². The van der Waals surface area contributed by atoms with E-state index in [1.807, 2.05) is 12.1 Å². The molecule has 0 saturated heterocycles. The number of nitrogens with zero attached hydrogens (tertiary/aromatic N) is 3. The van der Waals surface area contributed by atoms with E-state index in [2.05, 4.69) is 44.5 Å². The monoisotopic (exact) mass is 456 g/mol. The summed E-state index contributed by atoms with van der Waals surface area (Å²) in [5.41, 5.74) is 6.34. The molecule has 1 aromatic carbocycles. The molecule has 0 saturated carbocycles. The fourth-order valence-electron chi connectivity index (χ4n) is 2.54. The molecule has 0 fully saturated rings. The van der Waals surface area contributed by atoms with Crippen LogP contribution in [0.1, 0.15) is 31.7 Å². The lowest BCUT2D eigenvalue weighted by atomic mass is 10.2. The maximum atomic E-state index is 11.1. The van der Waals surface area contributed by atoms with Crippen molar-refractivity contribution in [2.45, 2.75) is 44.1 Å². The van der Waals surface area contributed by atoms with Gasteiger partial charge in [-0.05, 0) is 23.6 Å². The quantitative estimate of drug-likeness (QED) is 0.550. The van der Waals surface area contributed by atoms with E-state index >= 15 is 0 Å². The third-order valence-electron chi connectivity index (χ3n) is 3.85. The summed E-state index contributed by atoms with van der Waals surface area (Å²) >= 11 is 5.18. The van der Waals surface area contributed by atoms with Gasteiger partial charge in [0.05, 0.1) is 14.2 Å². The molecule has 7 nitrogen and oxygen atoms in total. The first kappa shape index (κ1) is 21.6. The predicted octanol–water partition coefficient (Wildman–Crippen LogP) is 3.42. The van der Waals surface area contributed by atoms with E-state index in [-0.39, 0.29) is 12.3 Å². The SMILES string of the molecule is COc1cc(Br)c(CSc2nnc(CCC(N)=O)n2CC(C)C)cc1OC. The van der Waals surface area contributed by atoms with Gasteiger partial charge in [0.25, 0.3) is 0 Å². The van der Waals surface area contributed by atoms with Crippen molar-refractivity contribution in [2.24, 2.45) is 11.7 Å². The first-order valence-corrected chi connectivity index (χ1v) is 10.4. The van der Waals surface area contributed by atoms with Crippen LogP contribution in [0, 0.1) is 5.92 Å². The van der Waals surface area contributed by atoms with Crippen molar-refractivity contribution in [3.63, 3.8) is 0 Å². The second-order valence-corrected chi connectivity index (χ2v) is 8.25. The number of halogens is 1. The summed E-state index contributed by atoms with van der Waals surface area (Å²) in [6.07, 6.45) is 0.762. The molecule has 0 unspecified atom stereocenters. The topological polar surface area (TPSA) is 92.3 Å². The molecule has 1 aromatic heterocycles. The number of aromatic nitrogens is 3. The predicted molar refractivity (Wildman–Crippen MR) is 109 cm³/mol. The highest BCUT2D eigenvalue weighted by Crippen LogP contribution is 2.36. The van der Waals surface area contributed by atoms with Crippen LogP contribution in [0.15, 0.2) is 21.8 Å². The highest BCUT2D eigenvalue weighted by molar-refractivity contribution is 9.10. The molecule has 9 heteroatoms. The minimum absolute atomic E-state index is 0.266. The number of hydrogen-bond donors (Lipinski definition) is 1. The molecule has 0 aliphatic carbocycles. The number of amides is 1. The molecule has 0 aliphatic heterocycles. The summed E-state index contributed by atoms with van der Waals surface area (Å²) in [6, 6.07) is 3.85. The van der Waals surface area contributed by atoms with Crippen LogP contribution in [-0.2, 0) is 23.5 Å². The number of primary amides is 1. The number of aryl methyl sites for hydroxylation is 1. The number of rotatable bonds is 10. The van der Waals surface area contributed by atoms with Gasteiger partial charge in [-0.25, -0.2) is 0 Å². The van der Waals surface area contributed by atoms with Gasteiger partial charge < -0.3 is 19.8 Å². The average molecular weight is 457 g/mol. The molecule has 0 aliphatic rings. The van der Waals surface area contributed by atoms with Crippen molar-refractivity contribution >= 4 is 33.6 Å². The van der Waals surface area contributed by atoms with Crippen molar-refractivity contribution in [3.8, 4) is 11.5 Å². The molecular formula is C18H25BrN4O3S. The van der Waals surface area contributed by atoms with Crippen molar-refractivity contribution in [1.29, 1.82) is 0 Å². The van der Waals surface area contributed by atoms with Gasteiger partial charge in [0.1, 0.15) is 5.82 Å². The average Bonchev–Trinajstić information content (AvgIpc) is 2.99. The molecule has 1 amide bonds. The molecule has 2 N–H and O–H groups in total. The summed E-state index contributed by atoms with van der Waals surface area (Å²) in [7, 11) is 3.23. The molecule has 0 spiro atoms. The van der Waals surface area contributed by atoms with Crippen LogP contribution in [0.3, 0.4) is 0 Å². The van der Waals surface area contributed by atoms with Gasteiger partial charge >= 0.3 is 0 Å². The number of thioether (sulfide) groups is 1. The Balaban J connectivity index is 2.20. The van der Waals surface area contributed by atoms with E-state index in [0.29, 0.717) is 29.6 Å². The second-order valence-electron chi connectivity index (χ2n) is 6.46. The van der Waals surface area contributed by atoms with Crippen LogP contribution < -0.4 is 15.2 Å². The van der Waals surface area contributed by atoms with Crippen LogP contribution in [-0.4, -0.2) is 34.9 Å². The van der Waals surface area contributed by atoms with Crippen molar-refractivity contribution in [1.82, 2.24) is 14.8 Å². The summed E-state index contributed by atoms with van der Waals surface area (Å²) in [4.78, 5) is 11.1. The fourth-order valence-corrected chi connectivity index (χ4v) is 4.15. The van der Waals surface area contributed by atoms with Gasteiger partial charge in [-0.1, -0.05) is 41.5 Å². The van der Waals surface area contributed by atoms with E-state index in [1.165, 1.54) is 0 Å². The lowest BCUT2D eigenvalue weighted by molar-refractivity contribution is -0.118.